The first kappa shape index (κ1) is 13.9. The third-order valence-corrected chi connectivity index (χ3v) is 3.71. The van der Waals surface area contributed by atoms with E-state index in [0.29, 0.717) is 6.04 Å². The van der Waals surface area contributed by atoms with E-state index in [4.69, 9.17) is 16.3 Å². The van der Waals surface area contributed by atoms with E-state index in [-0.39, 0.29) is 0 Å². The maximum atomic E-state index is 5.94. The van der Waals surface area contributed by atoms with Crippen molar-refractivity contribution in [2.45, 2.75) is 31.7 Å². The number of halogens is 1. The minimum atomic E-state index is 0.504. The molecule has 0 aliphatic heterocycles. The zero-order valence-corrected chi connectivity index (χ0v) is 11.7. The van der Waals surface area contributed by atoms with Crippen LogP contribution in [0.4, 0.5) is 0 Å². The molecule has 0 heterocycles. The largest absolute Gasteiger partial charge is 0.385 e. The Bertz CT molecular complexity index is 348. The Morgan fingerprint density at radius 3 is 2.61 bits per heavy atom. The van der Waals surface area contributed by atoms with E-state index < -0.39 is 0 Å². The summed E-state index contributed by atoms with van der Waals surface area (Å²) < 4.78 is 5.06. The molecule has 1 saturated carbocycles. The van der Waals surface area contributed by atoms with Crippen molar-refractivity contribution in [3.8, 4) is 0 Å². The van der Waals surface area contributed by atoms with E-state index in [1.165, 1.54) is 24.8 Å². The minimum Gasteiger partial charge on any atom is -0.385 e. The van der Waals surface area contributed by atoms with Crippen molar-refractivity contribution in [2.24, 2.45) is 5.92 Å². The van der Waals surface area contributed by atoms with E-state index in [1.807, 2.05) is 12.1 Å². The quantitative estimate of drug-likeness (QED) is 0.724. The van der Waals surface area contributed by atoms with Gasteiger partial charge in [-0.15, -0.1) is 0 Å². The molecule has 1 unspecified atom stereocenters. The monoisotopic (exact) mass is 267 g/mol. The number of unbranched alkanes of at least 4 members (excludes halogenated alkanes) is 1. The maximum Gasteiger partial charge on any atom is 0.0462 e. The second kappa shape index (κ2) is 7.13. The van der Waals surface area contributed by atoms with Crippen LogP contribution in [-0.2, 0) is 4.74 Å². The summed E-state index contributed by atoms with van der Waals surface area (Å²) in [6, 6.07) is 8.77. The fourth-order valence-electron chi connectivity index (χ4n) is 2.29. The lowest BCUT2D eigenvalue weighted by Crippen LogP contribution is -2.24. The van der Waals surface area contributed by atoms with Crippen LogP contribution in [0.15, 0.2) is 24.3 Å². The van der Waals surface area contributed by atoms with Crippen molar-refractivity contribution in [1.82, 2.24) is 5.32 Å². The Kier molecular flexibility index (Phi) is 5.48. The van der Waals surface area contributed by atoms with Gasteiger partial charge in [0.15, 0.2) is 0 Å². The number of hydrogen-bond donors (Lipinski definition) is 1. The standard InChI is InChI=1S/C15H22ClNO/c1-18-11-3-2-10-17-15(12-4-5-12)13-6-8-14(16)9-7-13/h6-9,12,15,17H,2-5,10-11H2,1H3. The molecular weight excluding hydrogens is 246 g/mol. The van der Waals surface area contributed by atoms with E-state index in [1.54, 1.807) is 7.11 Å². The lowest BCUT2D eigenvalue weighted by Gasteiger charge is -2.19. The number of nitrogens with one attached hydrogen (secondary N) is 1. The number of benzene rings is 1. The molecule has 1 aliphatic rings. The molecule has 1 fully saturated rings. The van der Waals surface area contributed by atoms with Gasteiger partial charge in [0.1, 0.15) is 0 Å². The summed E-state index contributed by atoms with van der Waals surface area (Å²) in [4.78, 5) is 0. The van der Waals surface area contributed by atoms with Crippen LogP contribution >= 0.6 is 11.6 Å². The summed E-state index contributed by atoms with van der Waals surface area (Å²) in [6.07, 6.45) is 4.99. The van der Waals surface area contributed by atoms with Crippen molar-refractivity contribution in [3.63, 3.8) is 0 Å². The van der Waals surface area contributed by atoms with Crippen LogP contribution in [0, 0.1) is 5.92 Å². The highest BCUT2D eigenvalue weighted by atomic mass is 35.5. The summed E-state index contributed by atoms with van der Waals surface area (Å²) in [5.74, 6) is 0.814. The van der Waals surface area contributed by atoms with Gasteiger partial charge in [-0.2, -0.15) is 0 Å². The van der Waals surface area contributed by atoms with Crippen molar-refractivity contribution in [2.75, 3.05) is 20.3 Å². The van der Waals surface area contributed by atoms with Gasteiger partial charge in [-0.25, -0.2) is 0 Å². The molecule has 2 nitrogen and oxygen atoms in total. The second-order valence-electron chi connectivity index (χ2n) is 5.02. The molecule has 2 rings (SSSR count). The maximum absolute atomic E-state index is 5.94. The molecule has 0 spiro atoms. The normalized spacial score (nSPS) is 16.8. The van der Waals surface area contributed by atoms with Crippen LogP contribution in [0.3, 0.4) is 0 Å². The van der Waals surface area contributed by atoms with Gasteiger partial charge in [0, 0.05) is 24.8 Å². The molecule has 0 saturated heterocycles. The highest BCUT2D eigenvalue weighted by Gasteiger charge is 2.31. The molecule has 1 N–H and O–H groups in total. The summed E-state index contributed by atoms with van der Waals surface area (Å²) >= 11 is 5.94. The van der Waals surface area contributed by atoms with Gasteiger partial charge in [-0.3, -0.25) is 0 Å². The summed E-state index contributed by atoms with van der Waals surface area (Å²) in [5, 5.41) is 4.49. The van der Waals surface area contributed by atoms with Crippen LogP contribution < -0.4 is 5.32 Å². The van der Waals surface area contributed by atoms with E-state index in [0.717, 1.165) is 30.5 Å². The van der Waals surface area contributed by atoms with E-state index in [2.05, 4.69) is 17.4 Å². The molecule has 0 aromatic heterocycles. The smallest absolute Gasteiger partial charge is 0.0462 e. The van der Waals surface area contributed by atoms with Crippen molar-refractivity contribution in [3.05, 3.63) is 34.9 Å². The first-order valence-electron chi connectivity index (χ1n) is 6.79. The van der Waals surface area contributed by atoms with Gasteiger partial charge in [-0.05, 0) is 55.8 Å². The molecule has 3 heteroatoms. The zero-order valence-electron chi connectivity index (χ0n) is 11.0. The number of methoxy groups -OCH3 is 1. The van der Waals surface area contributed by atoms with Gasteiger partial charge in [0.05, 0.1) is 0 Å². The molecule has 100 valence electrons. The topological polar surface area (TPSA) is 21.3 Å². The van der Waals surface area contributed by atoms with Gasteiger partial charge < -0.3 is 10.1 Å². The number of hydrogen-bond acceptors (Lipinski definition) is 2. The SMILES string of the molecule is COCCCCNC(c1ccc(Cl)cc1)C1CC1. The van der Waals surface area contributed by atoms with Gasteiger partial charge >= 0.3 is 0 Å². The van der Waals surface area contributed by atoms with Crippen LogP contribution in [0.1, 0.15) is 37.3 Å². The lowest BCUT2D eigenvalue weighted by molar-refractivity contribution is 0.192. The second-order valence-corrected chi connectivity index (χ2v) is 5.46. The third-order valence-electron chi connectivity index (χ3n) is 3.46. The van der Waals surface area contributed by atoms with Crippen molar-refractivity contribution >= 4 is 11.6 Å². The van der Waals surface area contributed by atoms with Gasteiger partial charge in [0.2, 0.25) is 0 Å². The number of ether oxygens (including phenoxy) is 1. The average Bonchev–Trinajstić information content (AvgIpc) is 3.20. The van der Waals surface area contributed by atoms with Crippen molar-refractivity contribution in [1.29, 1.82) is 0 Å². The van der Waals surface area contributed by atoms with E-state index in [9.17, 15) is 0 Å². The first-order valence-corrected chi connectivity index (χ1v) is 7.17. The third kappa shape index (κ3) is 4.27. The summed E-state index contributed by atoms with van der Waals surface area (Å²) in [6.45, 7) is 1.92. The predicted octanol–water partition coefficient (Wildman–Crippen LogP) is 3.81. The first-order chi connectivity index (χ1) is 8.81. The molecular formula is C15H22ClNO. The van der Waals surface area contributed by atoms with Crippen LogP contribution in [-0.4, -0.2) is 20.3 Å². The van der Waals surface area contributed by atoms with Gasteiger partial charge in [0.25, 0.3) is 0 Å². The molecule has 1 aromatic carbocycles. The summed E-state index contributed by atoms with van der Waals surface area (Å²) in [7, 11) is 1.76. The van der Waals surface area contributed by atoms with Crippen LogP contribution in [0.5, 0.6) is 0 Å². The predicted molar refractivity (Wildman–Crippen MR) is 76.0 cm³/mol. The Morgan fingerprint density at radius 2 is 2.00 bits per heavy atom. The Morgan fingerprint density at radius 1 is 1.28 bits per heavy atom. The molecule has 0 bridgehead atoms. The van der Waals surface area contributed by atoms with E-state index >= 15 is 0 Å². The highest BCUT2D eigenvalue weighted by Crippen LogP contribution is 2.41. The fraction of sp³-hybridized carbons (Fsp3) is 0.600. The van der Waals surface area contributed by atoms with Gasteiger partial charge in [-0.1, -0.05) is 23.7 Å². The Hall–Kier alpha value is -0.570. The Labute approximate surface area is 115 Å². The average molecular weight is 268 g/mol. The molecule has 18 heavy (non-hydrogen) atoms. The number of rotatable bonds is 8. The molecule has 1 aromatic rings. The fourth-order valence-corrected chi connectivity index (χ4v) is 2.41. The van der Waals surface area contributed by atoms with Crippen LogP contribution in [0.2, 0.25) is 5.02 Å². The summed E-state index contributed by atoms with van der Waals surface area (Å²) in [5.41, 5.74) is 1.37. The van der Waals surface area contributed by atoms with Crippen molar-refractivity contribution < 1.29 is 4.74 Å². The highest BCUT2D eigenvalue weighted by molar-refractivity contribution is 6.30. The lowest BCUT2D eigenvalue weighted by atomic mass is 10.0. The van der Waals surface area contributed by atoms with Crippen LogP contribution in [0.25, 0.3) is 0 Å². The molecule has 1 aliphatic carbocycles. The molecule has 1 atom stereocenters. The molecule has 0 radical (unpaired) electrons. The Balaban J connectivity index is 1.82. The minimum absolute atomic E-state index is 0.504. The molecule has 0 amide bonds. The zero-order chi connectivity index (χ0) is 12.8.